The van der Waals surface area contributed by atoms with Crippen LogP contribution in [0.25, 0.3) is 11.1 Å². The van der Waals surface area contributed by atoms with Crippen molar-refractivity contribution in [1.82, 2.24) is 10.2 Å². The molecule has 0 aliphatic carbocycles. The minimum atomic E-state index is -1.01. The fraction of sp³-hybridized carbons (Fsp3) is 0.263. The van der Waals surface area contributed by atoms with E-state index in [1.807, 2.05) is 14.1 Å². The zero-order valence-corrected chi connectivity index (χ0v) is 14.0. The monoisotopic (exact) mass is 326 g/mol. The summed E-state index contributed by atoms with van der Waals surface area (Å²) in [5, 5.41) is 12.3. The standard InChI is InChI=1S/C19H22N2O3/c1-21(2)13-7-12-20-18(22)16-10-5-3-8-14(16)15-9-4-6-11-17(15)19(23)24/h3-6,8-11H,7,12-13H2,1-2H3,(H,20,22)(H,23,24). The number of carbonyl (C=O) groups excluding carboxylic acids is 1. The summed E-state index contributed by atoms with van der Waals surface area (Å²) in [6.07, 6.45) is 0.854. The highest BCUT2D eigenvalue weighted by molar-refractivity contribution is 6.04. The molecular weight excluding hydrogens is 304 g/mol. The third-order valence-electron chi connectivity index (χ3n) is 3.69. The van der Waals surface area contributed by atoms with E-state index < -0.39 is 5.97 Å². The Balaban J connectivity index is 2.25. The van der Waals surface area contributed by atoms with Crippen molar-refractivity contribution in [2.75, 3.05) is 27.2 Å². The smallest absolute Gasteiger partial charge is 0.336 e. The van der Waals surface area contributed by atoms with Gasteiger partial charge in [-0.05, 0) is 50.3 Å². The number of nitrogens with zero attached hydrogens (tertiary/aromatic N) is 1. The molecule has 0 heterocycles. The molecule has 0 saturated carbocycles. The van der Waals surface area contributed by atoms with Gasteiger partial charge in [-0.25, -0.2) is 4.79 Å². The lowest BCUT2D eigenvalue weighted by Gasteiger charge is -2.13. The zero-order valence-electron chi connectivity index (χ0n) is 14.0. The predicted octanol–water partition coefficient (Wildman–Crippen LogP) is 2.73. The fourth-order valence-corrected chi connectivity index (χ4v) is 2.51. The van der Waals surface area contributed by atoms with E-state index in [2.05, 4.69) is 10.2 Å². The summed E-state index contributed by atoms with van der Waals surface area (Å²) in [7, 11) is 3.97. The van der Waals surface area contributed by atoms with E-state index in [1.54, 1.807) is 48.5 Å². The molecule has 1 amide bonds. The van der Waals surface area contributed by atoms with Crippen molar-refractivity contribution in [2.45, 2.75) is 6.42 Å². The molecule has 0 bridgehead atoms. The maximum absolute atomic E-state index is 12.5. The fourth-order valence-electron chi connectivity index (χ4n) is 2.51. The summed E-state index contributed by atoms with van der Waals surface area (Å²) in [6.45, 7) is 1.47. The molecule has 0 unspecified atom stereocenters. The van der Waals surface area contributed by atoms with Gasteiger partial charge in [-0.15, -0.1) is 0 Å². The van der Waals surface area contributed by atoms with Gasteiger partial charge in [0.25, 0.3) is 5.91 Å². The number of carbonyl (C=O) groups is 2. The Morgan fingerprint density at radius 1 is 0.958 bits per heavy atom. The lowest BCUT2D eigenvalue weighted by atomic mass is 9.95. The molecular formula is C19H22N2O3. The summed E-state index contributed by atoms with van der Waals surface area (Å²) in [5.41, 5.74) is 1.84. The van der Waals surface area contributed by atoms with Crippen molar-refractivity contribution >= 4 is 11.9 Å². The molecule has 0 aromatic heterocycles. The van der Waals surface area contributed by atoms with E-state index in [9.17, 15) is 14.7 Å². The van der Waals surface area contributed by atoms with Crippen molar-refractivity contribution in [3.63, 3.8) is 0 Å². The van der Waals surface area contributed by atoms with Crippen LogP contribution in [0.5, 0.6) is 0 Å². The van der Waals surface area contributed by atoms with Crippen molar-refractivity contribution in [3.8, 4) is 11.1 Å². The summed E-state index contributed by atoms with van der Waals surface area (Å²) < 4.78 is 0. The number of carboxylic acids is 1. The highest BCUT2D eigenvalue weighted by atomic mass is 16.4. The third-order valence-corrected chi connectivity index (χ3v) is 3.69. The molecule has 0 aliphatic rings. The Hall–Kier alpha value is -2.66. The van der Waals surface area contributed by atoms with Crippen LogP contribution in [0.3, 0.4) is 0 Å². The SMILES string of the molecule is CN(C)CCCNC(=O)c1ccccc1-c1ccccc1C(=O)O. The van der Waals surface area contributed by atoms with E-state index in [4.69, 9.17) is 0 Å². The Kier molecular flexibility index (Phi) is 6.09. The molecule has 126 valence electrons. The number of benzene rings is 2. The van der Waals surface area contributed by atoms with Gasteiger partial charge in [-0.1, -0.05) is 36.4 Å². The summed E-state index contributed by atoms with van der Waals surface area (Å²) in [4.78, 5) is 26.0. The van der Waals surface area contributed by atoms with E-state index >= 15 is 0 Å². The van der Waals surface area contributed by atoms with Crippen molar-refractivity contribution in [1.29, 1.82) is 0 Å². The Morgan fingerprint density at radius 2 is 1.50 bits per heavy atom. The molecule has 0 saturated heterocycles. The average molecular weight is 326 g/mol. The van der Waals surface area contributed by atoms with Crippen molar-refractivity contribution in [2.24, 2.45) is 0 Å². The quantitative estimate of drug-likeness (QED) is 0.768. The molecule has 5 heteroatoms. The highest BCUT2D eigenvalue weighted by Crippen LogP contribution is 2.27. The number of rotatable bonds is 7. The van der Waals surface area contributed by atoms with Gasteiger partial charge in [0.2, 0.25) is 0 Å². The van der Waals surface area contributed by atoms with E-state index in [0.717, 1.165) is 13.0 Å². The number of carboxylic acid groups (broad SMARTS) is 1. The first-order valence-electron chi connectivity index (χ1n) is 7.85. The van der Waals surface area contributed by atoms with Crippen LogP contribution in [0.1, 0.15) is 27.1 Å². The van der Waals surface area contributed by atoms with Gasteiger partial charge >= 0.3 is 5.97 Å². The van der Waals surface area contributed by atoms with Crippen LogP contribution >= 0.6 is 0 Å². The minimum absolute atomic E-state index is 0.186. The van der Waals surface area contributed by atoms with Gasteiger partial charge in [-0.2, -0.15) is 0 Å². The molecule has 0 spiro atoms. The Morgan fingerprint density at radius 3 is 2.08 bits per heavy atom. The third kappa shape index (κ3) is 4.43. The maximum atomic E-state index is 12.5. The van der Waals surface area contributed by atoms with Crippen molar-refractivity contribution in [3.05, 3.63) is 59.7 Å². The van der Waals surface area contributed by atoms with Crippen LogP contribution in [0, 0.1) is 0 Å². The van der Waals surface area contributed by atoms with Gasteiger partial charge in [-0.3, -0.25) is 4.79 Å². The lowest BCUT2D eigenvalue weighted by molar-refractivity contribution is 0.0697. The first-order valence-corrected chi connectivity index (χ1v) is 7.85. The summed E-state index contributed by atoms with van der Waals surface area (Å²) >= 11 is 0. The Bertz CT molecular complexity index is 726. The molecule has 2 rings (SSSR count). The molecule has 0 aliphatic heterocycles. The normalized spacial score (nSPS) is 10.6. The number of hydrogen-bond acceptors (Lipinski definition) is 3. The van der Waals surface area contributed by atoms with Crippen LogP contribution < -0.4 is 5.32 Å². The van der Waals surface area contributed by atoms with Crippen LogP contribution in [-0.2, 0) is 0 Å². The highest BCUT2D eigenvalue weighted by Gasteiger charge is 2.17. The van der Waals surface area contributed by atoms with Crippen LogP contribution in [0.4, 0.5) is 0 Å². The van der Waals surface area contributed by atoms with E-state index in [0.29, 0.717) is 23.2 Å². The summed E-state index contributed by atoms with van der Waals surface area (Å²) in [6, 6.07) is 13.8. The van der Waals surface area contributed by atoms with Gasteiger partial charge in [0.15, 0.2) is 0 Å². The molecule has 5 nitrogen and oxygen atoms in total. The largest absolute Gasteiger partial charge is 0.478 e. The lowest BCUT2D eigenvalue weighted by Crippen LogP contribution is -2.27. The maximum Gasteiger partial charge on any atom is 0.336 e. The molecule has 0 atom stereocenters. The second kappa shape index (κ2) is 8.26. The number of amides is 1. The topological polar surface area (TPSA) is 69.6 Å². The molecule has 0 radical (unpaired) electrons. The zero-order chi connectivity index (χ0) is 17.5. The van der Waals surface area contributed by atoms with Gasteiger partial charge in [0, 0.05) is 12.1 Å². The second-order valence-electron chi connectivity index (χ2n) is 5.81. The molecule has 0 fully saturated rings. The van der Waals surface area contributed by atoms with Crippen LogP contribution in [0.15, 0.2) is 48.5 Å². The van der Waals surface area contributed by atoms with E-state index in [1.165, 1.54) is 0 Å². The average Bonchev–Trinajstić information content (AvgIpc) is 2.58. The number of aromatic carboxylic acids is 1. The molecule has 24 heavy (non-hydrogen) atoms. The van der Waals surface area contributed by atoms with Crippen LogP contribution in [-0.4, -0.2) is 49.1 Å². The van der Waals surface area contributed by atoms with Crippen molar-refractivity contribution < 1.29 is 14.7 Å². The number of nitrogens with one attached hydrogen (secondary N) is 1. The second-order valence-corrected chi connectivity index (χ2v) is 5.81. The van der Waals surface area contributed by atoms with Gasteiger partial charge < -0.3 is 15.3 Å². The first-order chi connectivity index (χ1) is 11.5. The molecule has 2 aromatic carbocycles. The summed E-state index contributed by atoms with van der Waals surface area (Å²) in [5.74, 6) is -1.20. The Labute approximate surface area is 141 Å². The molecule has 2 aromatic rings. The minimum Gasteiger partial charge on any atom is -0.478 e. The van der Waals surface area contributed by atoms with Gasteiger partial charge in [0.05, 0.1) is 5.56 Å². The van der Waals surface area contributed by atoms with Gasteiger partial charge in [0.1, 0.15) is 0 Å². The van der Waals surface area contributed by atoms with E-state index in [-0.39, 0.29) is 11.5 Å². The predicted molar refractivity (Wildman–Crippen MR) is 94.3 cm³/mol. The first kappa shape index (κ1) is 17.7. The number of hydrogen-bond donors (Lipinski definition) is 2. The molecule has 2 N–H and O–H groups in total. The van der Waals surface area contributed by atoms with Crippen LogP contribution in [0.2, 0.25) is 0 Å².